The molecule has 1 saturated heterocycles. The molecule has 0 bridgehead atoms. The van der Waals surface area contributed by atoms with E-state index < -0.39 is 0 Å². The van der Waals surface area contributed by atoms with Crippen LogP contribution in [0.3, 0.4) is 0 Å². The molecule has 1 aromatic heterocycles. The summed E-state index contributed by atoms with van der Waals surface area (Å²) in [4.78, 5) is 8.44. The summed E-state index contributed by atoms with van der Waals surface area (Å²) >= 11 is 0. The van der Waals surface area contributed by atoms with Gasteiger partial charge in [-0.2, -0.15) is 0 Å². The molecule has 1 aliphatic heterocycles. The van der Waals surface area contributed by atoms with Crippen LogP contribution in [0.1, 0.15) is 28.4 Å². The smallest absolute Gasteiger partial charge is 0.123 e. The maximum atomic E-state index is 13.6. The Labute approximate surface area is 193 Å². The van der Waals surface area contributed by atoms with Crippen LogP contribution in [0.15, 0.2) is 72.8 Å². The Morgan fingerprint density at radius 3 is 1.97 bits per heavy atom. The molecule has 2 heterocycles. The van der Waals surface area contributed by atoms with Crippen LogP contribution in [-0.2, 0) is 6.42 Å². The van der Waals surface area contributed by atoms with Crippen LogP contribution in [0.5, 0.6) is 0 Å². The van der Waals surface area contributed by atoms with Crippen molar-refractivity contribution < 1.29 is 8.78 Å². The van der Waals surface area contributed by atoms with Gasteiger partial charge in [0.1, 0.15) is 11.6 Å². The Balaban J connectivity index is 1.28. The minimum absolute atomic E-state index is 0.00999. The average molecular weight is 446 g/mol. The van der Waals surface area contributed by atoms with E-state index in [9.17, 15) is 8.78 Å². The second-order valence-electron chi connectivity index (χ2n) is 8.91. The SMILES string of the molecule is Cc1[nH]c2ccccc2c1CCN1CCN(C(c2ccc(F)cc2)c2ccc(F)cc2)CC1. The lowest BCUT2D eigenvalue weighted by molar-refractivity contribution is 0.110. The van der Waals surface area contributed by atoms with Gasteiger partial charge in [0.15, 0.2) is 0 Å². The molecule has 33 heavy (non-hydrogen) atoms. The normalized spacial score (nSPS) is 15.5. The second kappa shape index (κ2) is 9.46. The van der Waals surface area contributed by atoms with Gasteiger partial charge in [-0.15, -0.1) is 0 Å². The van der Waals surface area contributed by atoms with Gasteiger partial charge in [0.05, 0.1) is 6.04 Å². The number of hydrogen-bond donors (Lipinski definition) is 1. The molecule has 1 N–H and O–H groups in total. The summed E-state index contributed by atoms with van der Waals surface area (Å²) in [6.45, 7) is 6.94. The van der Waals surface area contributed by atoms with Crippen LogP contribution in [-0.4, -0.2) is 47.5 Å². The van der Waals surface area contributed by atoms with E-state index in [0.717, 1.165) is 50.3 Å². The number of fused-ring (bicyclic) bond motifs is 1. The van der Waals surface area contributed by atoms with Gasteiger partial charge in [-0.3, -0.25) is 4.90 Å². The number of piperazine rings is 1. The van der Waals surface area contributed by atoms with E-state index in [2.05, 4.69) is 46.0 Å². The molecule has 0 unspecified atom stereocenters. The number of aromatic amines is 1. The third kappa shape index (κ3) is 4.70. The molecule has 5 rings (SSSR count). The van der Waals surface area contributed by atoms with Crippen LogP contribution < -0.4 is 0 Å². The van der Waals surface area contributed by atoms with E-state index in [-0.39, 0.29) is 17.7 Å². The van der Waals surface area contributed by atoms with Crippen LogP contribution in [0, 0.1) is 18.6 Å². The molecule has 3 nitrogen and oxygen atoms in total. The molecule has 1 fully saturated rings. The third-order valence-electron chi connectivity index (χ3n) is 6.85. The average Bonchev–Trinajstić information content (AvgIpc) is 3.16. The van der Waals surface area contributed by atoms with Gasteiger partial charge in [0.25, 0.3) is 0 Å². The van der Waals surface area contributed by atoms with Gasteiger partial charge in [-0.05, 0) is 60.4 Å². The third-order valence-corrected chi connectivity index (χ3v) is 6.85. The van der Waals surface area contributed by atoms with Gasteiger partial charge in [-0.1, -0.05) is 42.5 Å². The summed E-state index contributed by atoms with van der Waals surface area (Å²) in [5.74, 6) is -0.483. The first-order chi connectivity index (χ1) is 16.1. The van der Waals surface area contributed by atoms with E-state index in [1.54, 1.807) is 0 Å². The molecule has 0 amide bonds. The lowest BCUT2D eigenvalue weighted by Gasteiger charge is -2.40. The highest BCUT2D eigenvalue weighted by Gasteiger charge is 2.26. The fraction of sp³-hybridized carbons (Fsp3) is 0.286. The van der Waals surface area contributed by atoms with E-state index in [4.69, 9.17) is 0 Å². The van der Waals surface area contributed by atoms with Gasteiger partial charge in [0, 0.05) is 49.3 Å². The van der Waals surface area contributed by atoms with E-state index in [0.29, 0.717) is 0 Å². The van der Waals surface area contributed by atoms with E-state index in [1.165, 1.54) is 46.4 Å². The lowest BCUT2D eigenvalue weighted by atomic mass is 9.96. The van der Waals surface area contributed by atoms with Gasteiger partial charge < -0.3 is 9.88 Å². The molecular formula is C28H29F2N3. The zero-order chi connectivity index (χ0) is 22.8. The lowest BCUT2D eigenvalue weighted by Crippen LogP contribution is -2.48. The minimum atomic E-state index is -0.242. The van der Waals surface area contributed by atoms with Crippen molar-refractivity contribution in [1.29, 1.82) is 0 Å². The Morgan fingerprint density at radius 2 is 1.36 bits per heavy atom. The number of para-hydroxylation sites is 1. The molecule has 0 radical (unpaired) electrons. The Morgan fingerprint density at radius 1 is 0.788 bits per heavy atom. The minimum Gasteiger partial charge on any atom is -0.358 e. The van der Waals surface area contributed by atoms with Crippen molar-refractivity contribution in [3.63, 3.8) is 0 Å². The van der Waals surface area contributed by atoms with Crippen molar-refractivity contribution >= 4 is 10.9 Å². The maximum Gasteiger partial charge on any atom is 0.123 e. The highest BCUT2D eigenvalue weighted by atomic mass is 19.1. The summed E-state index contributed by atoms with van der Waals surface area (Å²) in [6.07, 6.45) is 1.02. The summed E-state index contributed by atoms with van der Waals surface area (Å²) < 4.78 is 27.1. The highest BCUT2D eigenvalue weighted by molar-refractivity contribution is 5.84. The van der Waals surface area contributed by atoms with Crippen molar-refractivity contribution in [1.82, 2.24) is 14.8 Å². The van der Waals surface area contributed by atoms with E-state index in [1.807, 2.05) is 24.3 Å². The standard InChI is InChI=1S/C28H29F2N3/c1-20-25(26-4-2-3-5-27(26)31-20)14-15-32-16-18-33(19-17-32)28(21-6-10-23(29)11-7-21)22-8-12-24(30)13-9-22/h2-13,28,31H,14-19H2,1H3. The molecule has 0 spiro atoms. The predicted octanol–water partition coefficient (Wildman–Crippen LogP) is 5.70. The number of rotatable bonds is 6. The van der Waals surface area contributed by atoms with Crippen molar-refractivity contribution in [3.8, 4) is 0 Å². The van der Waals surface area contributed by atoms with Crippen molar-refractivity contribution in [2.24, 2.45) is 0 Å². The van der Waals surface area contributed by atoms with Crippen LogP contribution >= 0.6 is 0 Å². The maximum absolute atomic E-state index is 13.6. The fourth-order valence-electron chi connectivity index (χ4n) is 5.08. The molecule has 170 valence electrons. The van der Waals surface area contributed by atoms with Crippen molar-refractivity contribution in [2.45, 2.75) is 19.4 Å². The molecule has 1 aliphatic rings. The quantitative estimate of drug-likeness (QED) is 0.411. The molecule has 5 heteroatoms. The number of halogens is 2. The Kier molecular flexibility index (Phi) is 6.25. The molecule has 4 aromatic rings. The summed E-state index contributed by atoms with van der Waals surface area (Å²) in [5, 5.41) is 1.32. The molecule has 0 atom stereocenters. The van der Waals surface area contributed by atoms with Crippen LogP contribution in [0.2, 0.25) is 0 Å². The molecule has 0 saturated carbocycles. The van der Waals surface area contributed by atoms with Crippen LogP contribution in [0.25, 0.3) is 10.9 Å². The summed E-state index contributed by atoms with van der Waals surface area (Å²) in [7, 11) is 0. The number of aryl methyl sites for hydroxylation is 1. The fourth-order valence-corrected chi connectivity index (χ4v) is 5.08. The first-order valence-electron chi connectivity index (χ1n) is 11.6. The highest BCUT2D eigenvalue weighted by Crippen LogP contribution is 2.30. The van der Waals surface area contributed by atoms with Crippen molar-refractivity contribution in [2.75, 3.05) is 32.7 Å². The zero-order valence-corrected chi connectivity index (χ0v) is 18.9. The van der Waals surface area contributed by atoms with Crippen LogP contribution in [0.4, 0.5) is 8.78 Å². The first-order valence-corrected chi connectivity index (χ1v) is 11.6. The molecule has 0 aliphatic carbocycles. The molecule has 3 aromatic carbocycles. The summed E-state index contributed by atoms with van der Waals surface area (Å²) in [6, 6.07) is 21.9. The Hall–Kier alpha value is -3.02. The van der Waals surface area contributed by atoms with Gasteiger partial charge in [0.2, 0.25) is 0 Å². The van der Waals surface area contributed by atoms with Crippen molar-refractivity contribution in [3.05, 3.63) is 107 Å². The van der Waals surface area contributed by atoms with E-state index >= 15 is 0 Å². The molecular weight excluding hydrogens is 416 g/mol. The number of hydrogen-bond acceptors (Lipinski definition) is 2. The predicted molar refractivity (Wildman–Crippen MR) is 129 cm³/mol. The number of nitrogens with one attached hydrogen (secondary N) is 1. The summed E-state index contributed by atoms with van der Waals surface area (Å²) in [5.41, 5.74) is 5.93. The second-order valence-corrected chi connectivity index (χ2v) is 8.91. The number of benzene rings is 3. The Bertz CT molecular complexity index is 1160. The topological polar surface area (TPSA) is 22.3 Å². The zero-order valence-electron chi connectivity index (χ0n) is 18.9. The van der Waals surface area contributed by atoms with Gasteiger partial charge >= 0.3 is 0 Å². The first kappa shape index (κ1) is 21.8. The number of H-pyrrole nitrogens is 1. The monoisotopic (exact) mass is 445 g/mol. The largest absolute Gasteiger partial charge is 0.358 e. The van der Waals surface area contributed by atoms with Gasteiger partial charge in [-0.25, -0.2) is 8.78 Å². The number of nitrogens with zero attached hydrogens (tertiary/aromatic N) is 2. The number of aromatic nitrogens is 1.